The SMILES string of the molecule is c1ccc(-c2nnc(CCSc3nc4ccccc4[nH]3)o2)cc1. The second kappa shape index (κ2) is 6.26. The van der Waals surface area contributed by atoms with Gasteiger partial charge >= 0.3 is 0 Å². The number of imidazole rings is 1. The molecule has 0 fully saturated rings. The molecular formula is C17H14N4OS. The highest BCUT2D eigenvalue weighted by molar-refractivity contribution is 7.99. The van der Waals surface area contributed by atoms with Gasteiger partial charge in [-0.2, -0.15) is 0 Å². The van der Waals surface area contributed by atoms with Crippen molar-refractivity contribution in [3.05, 3.63) is 60.5 Å². The van der Waals surface area contributed by atoms with Crippen molar-refractivity contribution in [1.29, 1.82) is 0 Å². The minimum atomic E-state index is 0.564. The van der Waals surface area contributed by atoms with Crippen molar-refractivity contribution < 1.29 is 4.42 Å². The first-order valence-corrected chi connectivity index (χ1v) is 8.32. The molecule has 5 nitrogen and oxygen atoms in total. The van der Waals surface area contributed by atoms with Gasteiger partial charge in [0.15, 0.2) is 5.16 Å². The maximum atomic E-state index is 5.70. The molecule has 0 unspecified atom stereocenters. The quantitative estimate of drug-likeness (QED) is 0.564. The number of para-hydroxylation sites is 2. The molecule has 0 aliphatic rings. The molecular weight excluding hydrogens is 308 g/mol. The van der Waals surface area contributed by atoms with E-state index in [0.717, 1.165) is 27.5 Å². The van der Waals surface area contributed by atoms with Crippen molar-refractivity contribution >= 4 is 22.8 Å². The van der Waals surface area contributed by atoms with Gasteiger partial charge in [-0.3, -0.25) is 0 Å². The van der Waals surface area contributed by atoms with E-state index < -0.39 is 0 Å². The van der Waals surface area contributed by atoms with Crippen LogP contribution in [0.4, 0.5) is 0 Å². The zero-order valence-electron chi connectivity index (χ0n) is 12.3. The van der Waals surface area contributed by atoms with E-state index in [-0.39, 0.29) is 0 Å². The predicted octanol–water partition coefficient (Wildman–Crippen LogP) is 3.95. The van der Waals surface area contributed by atoms with Gasteiger partial charge in [0.2, 0.25) is 11.8 Å². The number of benzene rings is 2. The molecule has 0 saturated carbocycles. The first-order valence-electron chi connectivity index (χ1n) is 7.34. The van der Waals surface area contributed by atoms with E-state index in [4.69, 9.17) is 4.42 Å². The number of fused-ring (bicyclic) bond motifs is 1. The molecule has 114 valence electrons. The monoisotopic (exact) mass is 322 g/mol. The summed E-state index contributed by atoms with van der Waals surface area (Å²) >= 11 is 1.65. The lowest BCUT2D eigenvalue weighted by molar-refractivity contribution is 0.514. The van der Waals surface area contributed by atoms with Crippen molar-refractivity contribution in [3.63, 3.8) is 0 Å². The minimum Gasteiger partial charge on any atom is -0.421 e. The van der Waals surface area contributed by atoms with Crippen LogP contribution in [0.15, 0.2) is 64.2 Å². The zero-order valence-corrected chi connectivity index (χ0v) is 13.1. The lowest BCUT2D eigenvalue weighted by atomic mass is 10.2. The Labute approximate surface area is 137 Å². The summed E-state index contributed by atoms with van der Waals surface area (Å²) < 4.78 is 5.70. The Balaban J connectivity index is 1.39. The van der Waals surface area contributed by atoms with E-state index in [1.165, 1.54) is 0 Å². The van der Waals surface area contributed by atoms with E-state index >= 15 is 0 Å². The molecule has 23 heavy (non-hydrogen) atoms. The van der Waals surface area contributed by atoms with Gasteiger partial charge in [0.05, 0.1) is 11.0 Å². The summed E-state index contributed by atoms with van der Waals surface area (Å²) in [6, 6.07) is 17.8. The first-order chi connectivity index (χ1) is 11.4. The Kier molecular flexibility index (Phi) is 3.81. The second-order valence-corrected chi connectivity index (χ2v) is 6.11. The van der Waals surface area contributed by atoms with Crippen molar-refractivity contribution in [3.8, 4) is 11.5 Å². The fourth-order valence-electron chi connectivity index (χ4n) is 2.28. The van der Waals surface area contributed by atoms with Crippen LogP contribution in [0.2, 0.25) is 0 Å². The standard InChI is InChI=1S/C17H14N4OS/c1-2-6-12(7-3-1)16-21-20-15(22-16)10-11-23-17-18-13-8-4-5-9-14(13)19-17/h1-9H,10-11H2,(H,18,19). The highest BCUT2D eigenvalue weighted by Gasteiger charge is 2.09. The number of thioether (sulfide) groups is 1. The number of aromatic nitrogens is 4. The summed E-state index contributed by atoms with van der Waals surface area (Å²) in [6.07, 6.45) is 0.710. The Morgan fingerprint density at radius 1 is 0.957 bits per heavy atom. The highest BCUT2D eigenvalue weighted by atomic mass is 32.2. The number of rotatable bonds is 5. The molecule has 0 aliphatic carbocycles. The van der Waals surface area contributed by atoms with E-state index in [1.54, 1.807) is 11.8 Å². The smallest absolute Gasteiger partial charge is 0.247 e. The molecule has 2 aromatic heterocycles. The van der Waals surface area contributed by atoms with Gasteiger partial charge in [0, 0.05) is 17.7 Å². The van der Waals surface area contributed by atoms with Crippen LogP contribution in [-0.4, -0.2) is 25.9 Å². The number of nitrogens with one attached hydrogen (secondary N) is 1. The van der Waals surface area contributed by atoms with Gasteiger partial charge in [0.25, 0.3) is 0 Å². The summed E-state index contributed by atoms with van der Waals surface area (Å²) in [6.45, 7) is 0. The van der Waals surface area contributed by atoms with Crippen molar-refractivity contribution in [1.82, 2.24) is 20.2 Å². The van der Waals surface area contributed by atoms with E-state index in [2.05, 4.69) is 20.2 Å². The molecule has 2 aromatic carbocycles. The number of nitrogens with zero attached hydrogens (tertiary/aromatic N) is 3. The molecule has 0 aliphatic heterocycles. The van der Waals surface area contributed by atoms with Crippen LogP contribution in [0.1, 0.15) is 5.89 Å². The third kappa shape index (κ3) is 3.12. The highest BCUT2D eigenvalue weighted by Crippen LogP contribution is 2.21. The molecule has 0 atom stereocenters. The van der Waals surface area contributed by atoms with Crippen LogP contribution < -0.4 is 0 Å². The second-order valence-electron chi connectivity index (χ2n) is 5.02. The number of aromatic amines is 1. The maximum absolute atomic E-state index is 5.70. The van der Waals surface area contributed by atoms with E-state index in [0.29, 0.717) is 18.2 Å². The van der Waals surface area contributed by atoms with Crippen LogP contribution in [0.25, 0.3) is 22.5 Å². The Morgan fingerprint density at radius 3 is 2.65 bits per heavy atom. The summed E-state index contributed by atoms with van der Waals surface area (Å²) in [5.74, 6) is 2.04. The maximum Gasteiger partial charge on any atom is 0.247 e. The number of hydrogen-bond acceptors (Lipinski definition) is 5. The molecule has 0 bridgehead atoms. The molecule has 4 rings (SSSR count). The van der Waals surface area contributed by atoms with Gasteiger partial charge in [-0.15, -0.1) is 10.2 Å². The molecule has 0 radical (unpaired) electrons. The number of aryl methyl sites for hydroxylation is 1. The Hall–Kier alpha value is -2.60. The number of H-pyrrole nitrogens is 1. The first kappa shape index (κ1) is 14.0. The fraction of sp³-hybridized carbons (Fsp3) is 0.118. The van der Waals surface area contributed by atoms with Gasteiger partial charge in [-0.05, 0) is 24.3 Å². The molecule has 0 saturated heterocycles. The van der Waals surface area contributed by atoms with Crippen LogP contribution in [0, 0.1) is 0 Å². The van der Waals surface area contributed by atoms with Crippen molar-refractivity contribution in [2.75, 3.05) is 5.75 Å². The summed E-state index contributed by atoms with van der Waals surface area (Å²) in [7, 11) is 0. The Morgan fingerprint density at radius 2 is 1.78 bits per heavy atom. The van der Waals surface area contributed by atoms with Gasteiger partial charge in [0.1, 0.15) is 0 Å². The molecule has 6 heteroatoms. The predicted molar refractivity (Wildman–Crippen MR) is 90.3 cm³/mol. The third-order valence-electron chi connectivity index (χ3n) is 3.41. The largest absolute Gasteiger partial charge is 0.421 e. The van der Waals surface area contributed by atoms with Crippen LogP contribution in [-0.2, 0) is 6.42 Å². The molecule has 0 spiro atoms. The third-order valence-corrected chi connectivity index (χ3v) is 4.28. The van der Waals surface area contributed by atoms with Crippen molar-refractivity contribution in [2.45, 2.75) is 11.6 Å². The molecule has 4 aromatic rings. The molecule has 0 amide bonds. The minimum absolute atomic E-state index is 0.564. The van der Waals surface area contributed by atoms with Gasteiger partial charge < -0.3 is 9.40 Å². The summed E-state index contributed by atoms with van der Waals surface area (Å²) in [4.78, 5) is 7.84. The summed E-state index contributed by atoms with van der Waals surface area (Å²) in [5.41, 5.74) is 2.98. The average Bonchev–Trinajstić information content (AvgIpc) is 3.22. The van der Waals surface area contributed by atoms with E-state index in [1.807, 2.05) is 54.6 Å². The van der Waals surface area contributed by atoms with Crippen LogP contribution >= 0.6 is 11.8 Å². The topological polar surface area (TPSA) is 67.6 Å². The summed E-state index contributed by atoms with van der Waals surface area (Å²) in [5, 5.41) is 9.11. The normalized spacial score (nSPS) is 11.1. The fourth-order valence-corrected chi connectivity index (χ4v) is 3.10. The average molecular weight is 322 g/mol. The van der Waals surface area contributed by atoms with E-state index in [9.17, 15) is 0 Å². The van der Waals surface area contributed by atoms with Crippen molar-refractivity contribution in [2.24, 2.45) is 0 Å². The molecule has 2 heterocycles. The number of hydrogen-bond donors (Lipinski definition) is 1. The van der Waals surface area contributed by atoms with Gasteiger partial charge in [-0.1, -0.05) is 42.1 Å². The van der Waals surface area contributed by atoms with Crippen LogP contribution in [0.3, 0.4) is 0 Å². The molecule has 1 N–H and O–H groups in total. The van der Waals surface area contributed by atoms with Crippen LogP contribution in [0.5, 0.6) is 0 Å². The van der Waals surface area contributed by atoms with Gasteiger partial charge in [-0.25, -0.2) is 4.98 Å². The zero-order chi connectivity index (χ0) is 15.5. The lowest BCUT2D eigenvalue weighted by Gasteiger charge is -1.95. The lowest BCUT2D eigenvalue weighted by Crippen LogP contribution is -1.89. The Bertz CT molecular complexity index is 883.